The zero-order valence-corrected chi connectivity index (χ0v) is 11.0. The Labute approximate surface area is 113 Å². The summed E-state index contributed by atoms with van der Waals surface area (Å²) in [5, 5.41) is 20.2. The molecule has 3 N–H and O–H groups in total. The fraction of sp³-hybridized carbons (Fsp3) is 0.222. The Morgan fingerprint density at radius 1 is 1.50 bits per heavy atom. The second-order valence-corrected chi connectivity index (χ2v) is 4.77. The molecule has 0 fully saturated rings. The van der Waals surface area contributed by atoms with E-state index in [4.69, 9.17) is 0 Å². The molecular weight excluding hydrogens is 294 g/mol. The number of phenols is 1. The SMILES string of the molecule is CCOC(=O)NS(=O)(=O)Nc1c(O)cccc1[N+](=O)[O-]. The molecule has 0 aromatic heterocycles. The maximum atomic E-state index is 11.6. The van der Waals surface area contributed by atoms with Crippen molar-refractivity contribution in [1.82, 2.24) is 4.72 Å². The highest BCUT2D eigenvalue weighted by Crippen LogP contribution is 2.33. The Morgan fingerprint density at radius 3 is 2.70 bits per heavy atom. The number of anilines is 1. The number of nitrogens with zero attached hydrogens (tertiary/aromatic N) is 1. The number of nitrogens with one attached hydrogen (secondary N) is 2. The number of ether oxygens (including phenoxy) is 1. The molecule has 0 aliphatic heterocycles. The first-order valence-electron chi connectivity index (χ1n) is 5.20. The maximum Gasteiger partial charge on any atom is 0.422 e. The Balaban J connectivity index is 3.04. The molecule has 0 bridgehead atoms. The first kappa shape index (κ1) is 15.5. The van der Waals surface area contributed by atoms with Crippen molar-refractivity contribution in [1.29, 1.82) is 0 Å². The summed E-state index contributed by atoms with van der Waals surface area (Å²) in [5.74, 6) is -0.659. The number of nitro benzene ring substituents is 1. The average molecular weight is 305 g/mol. The van der Waals surface area contributed by atoms with Gasteiger partial charge in [0.1, 0.15) is 5.75 Å². The molecule has 10 nitrogen and oxygen atoms in total. The van der Waals surface area contributed by atoms with Gasteiger partial charge in [-0.1, -0.05) is 6.07 Å². The lowest BCUT2D eigenvalue weighted by Crippen LogP contribution is -2.35. The Hall–Kier alpha value is -2.56. The van der Waals surface area contributed by atoms with Crippen LogP contribution in [0, 0.1) is 10.1 Å². The maximum absolute atomic E-state index is 11.6. The van der Waals surface area contributed by atoms with E-state index in [1.807, 2.05) is 0 Å². The van der Waals surface area contributed by atoms with Gasteiger partial charge in [0.05, 0.1) is 11.5 Å². The molecule has 110 valence electrons. The summed E-state index contributed by atoms with van der Waals surface area (Å²) in [7, 11) is -4.47. The highest BCUT2D eigenvalue weighted by molar-refractivity contribution is 7.91. The quantitative estimate of drug-likeness (QED) is 0.412. The zero-order chi connectivity index (χ0) is 15.3. The first-order valence-corrected chi connectivity index (χ1v) is 6.69. The molecule has 0 atom stereocenters. The van der Waals surface area contributed by atoms with E-state index in [2.05, 4.69) is 4.74 Å². The number of carbonyl (C=O) groups is 1. The van der Waals surface area contributed by atoms with Crippen LogP contribution in [0.25, 0.3) is 0 Å². The first-order chi connectivity index (χ1) is 9.26. The number of carbonyl (C=O) groups excluding carboxylic acids is 1. The second kappa shape index (κ2) is 6.06. The smallest absolute Gasteiger partial charge is 0.422 e. The molecule has 1 aromatic rings. The molecule has 0 radical (unpaired) electrons. The number of benzene rings is 1. The Kier molecular flexibility index (Phi) is 4.69. The largest absolute Gasteiger partial charge is 0.505 e. The van der Waals surface area contributed by atoms with Crippen LogP contribution in [0.4, 0.5) is 16.2 Å². The third-order valence-corrected chi connectivity index (χ3v) is 2.85. The van der Waals surface area contributed by atoms with Crippen LogP contribution < -0.4 is 9.44 Å². The van der Waals surface area contributed by atoms with E-state index < -0.39 is 38.4 Å². The lowest BCUT2D eigenvalue weighted by molar-refractivity contribution is -0.383. The summed E-state index contributed by atoms with van der Waals surface area (Å²) < 4.78 is 30.6. The second-order valence-electron chi connectivity index (χ2n) is 3.36. The predicted molar refractivity (Wildman–Crippen MR) is 67.5 cm³/mol. The van der Waals surface area contributed by atoms with Gasteiger partial charge < -0.3 is 9.84 Å². The number of rotatable bonds is 5. The van der Waals surface area contributed by atoms with Crippen LogP contribution in [0.15, 0.2) is 18.2 Å². The minimum Gasteiger partial charge on any atom is -0.505 e. The van der Waals surface area contributed by atoms with Crippen molar-refractivity contribution in [2.24, 2.45) is 0 Å². The summed E-state index contributed by atoms with van der Waals surface area (Å²) in [5.41, 5.74) is -1.33. The molecular formula is C9H11N3O7S. The molecule has 0 aliphatic rings. The normalized spacial score (nSPS) is 10.7. The molecule has 1 aromatic carbocycles. The average Bonchev–Trinajstić information content (AvgIpc) is 2.30. The molecule has 1 amide bonds. The lowest BCUT2D eigenvalue weighted by atomic mass is 10.2. The lowest BCUT2D eigenvalue weighted by Gasteiger charge is -2.10. The molecule has 0 aliphatic carbocycles. The van der Waals surface area contributed by atoms with E-state index in [9.17, 15) is 28.4 Å². The van der Waals surface area contributed by atoms with E-state index in [1.165, 1.54) is 17.7 Å². The van der Waals surface area contributed by atoms with E-state index in [0.29, 0.717) is 0 Å². The molecule has 0 unspecified atom stereocenters. The van der Waals surface area contributed by atoms with Crippen LogP contribution in [0.3, 0.4) is 0 Å². The molecule has 0 spiro atoms. The Bertz CT molecular complexity index is 628. The molecule has 20 heavy (non-hydrogen) atoms. The van der Waals surface area contributed by atoms with Crippen molar-refractivity contribution in [2.45, 2.75) is 6.92 Å². The van der Waals surface area contributed by atoms with Gasteiger partial charge in [0.25, 0.3) is 5.69 Å². The van der Waals surface area contributed by atoms with E-state index in [0.717, 1.165) is 12.1 Å². The van der Waals surface area contributed by atoms with Crippen LogP contribution in [0.2, 0.25) is 0 Å². The van der Waals surface area contributed by atoms with Gasteiger partial charge in [0.15, 0.2) is 5.69 Å². The minimum atomic E-state index is -4.47. The van der Waals surface area contributed by atoms with Crippen LogP contribution in [0.1, 0.15) is 6.92 Å². The molecule has 0 heterocycles. The third kappa shape index (κ3) is 3.98. The molecule has 0 saturated heterocycles. The number of nitro groups is 1. The molecule has 1 rings (SSSR count). The standard InChI is InChI=1S/C9H11N3O7S/c1-2-19-9(14)11-20(17,18)10-8-6(12(15)16)4-3-5-7(8)13/h3-5,10,13H,2H2,1H3,(H,11,14). The van der Waals surface area contributed by atoms with E-state index >= 15 is 0 Å². The summed E-state index contributed by atoms with van der Waals surface area (Å²) in [6.07, 6.45) is -1.25. The van der Waals surface area contributed by atoms with Crippen molar-refractivity contribution < 1.29 is 28.0 Å². The van der Waals surface area contributed by atoms with Crippen molar-refractivity contribution in [3.8, 4) is 5.75 Å². The van der Waals surface area contributed by atoms with Crippen molar-refractivity contribution in [2.75, 3.05) is 11.3 Å². The van der Waals surface area contributed by atoms with Gasteiger partial charge in [0, 0.05) is 6.07 Å². The zero-order valence-electron chi connectivity index (χ0n) is 10.2. The minimum absolute atomic E-state index is 0.0575. The summed E-state index contributed by atoms with van der Waals surface area (Å²) in [4.78, 5) is 20.8. The van der Waals surface area contributed by atoms with Gasteiger partial charge in [-0.05, 0) is 13.0 Å². The van der Waals surface area contributed by atoms with E-state index in [1.54, 1.807) is 4.72 Å². The van der Waals surface area contributed by atoms with Gasteiger partial charge >= 0.3 is 16.3 Å². The predicted octanol–water partition coefficient (Wildman–Crippen LogP) is 0.703. The molecule has 0 saturated carbocycles. The van der Waals surface area contributed by atoms with Gasteiger partial charge in [-0.2, -0.15) is 8.42 Å². The summed E-state index contributed by atoms with van der Waals surface area (Å²) in [6.45, 7) is 1.41. The highest BCUT2D eigenvalue weighted by atomic mass is 32.2. The van der Waals surface area contributed by atoms with Crippen molar-refractivity contribution in [3.05, 3.63) is 28.3 Å². The summed E-state index contributed by atoms with van der Waals surface area (Å²) in [6, 6.07) is 3.21. The summed E-state index contributed by atoms with van der Waals surface area (Å²) >= 11 is 0. The van der Waals surface area contributed by atoms with Gasteiger partial charge in [-0.25, -0.2) is 9.52 Å². The van der Waals surface area contributed by atoms with Crippen LogP contribution in [-0.4, -0.2) is 31.1 Å². The number of para-hydroxylation sites is 1. The number of aromatic hydroxyl groups is 1. The van der Waals surface area contributed by atoms with Crippen LogP contribution in [0.5, 0.6) is 5.75 Å². The van der Waals surface area contributed by atoms with Crippen molar-refractivity contribution in [3.63, 3.8) is 0 Å². The van der Waals surface area contributed by atoms with Crippen LogP contribution in [-0.2, 0) is 14.9 Å². The van der Waals surface area contributed by atoms with E-state index in [-0.39, 0.29) is 6.61 Å². The number of phenolic OH excluding ortho intramolecular Hbond substituents is 1. The number of amides is 1. The van der Waals surface area contributed by atoms with Gasteiger partial charge in [0.2, 0.25) is 0 Å². The van der Waals surface area contributed by atoms with Gasteiger partial charge in [-0.3, -0.25) is 14.8 Å². The van der Waals surface area contributed by atoms with Crippen molar-refractivity contribution >= 4 is 27.7 Å². The Morgan fingerprint density at radius 2 is 2.15 bits per heavy atom. The fourth-order valence-electron chi connectivity index (χ4n) is 1.22. The number of hydrogen-bond acceptors (Lipinski definition) is 7. The number of hydrogen-bond donors (Lipinski definition) is 3. The third-order valence-electron chi connectivity index (χ3n) is 1.95. The van der Waals surface area contributed by atoms with Gasteiger partial charge in [-0.15, -0.1) is 0 Å². The topological polar surface area (TPSA) is 148 Å². The monoisotopic (exact) mass is 305 g/mol. The fourth-order valence-corrected chi connectivity index (χ4v) is 2.02. The van der Waals surface area contributed by atoms with Crippen LogP contribution >= 0.6 is 0 Å². The highest BCUT2D eigenvalue weighted by Gasteiger charge is 2.23. The molecule has 11 heteroatoms.